The predicted molar refractivity (Wildman–Crippen MR) is 64.3 cm³/mol. The normalized spacial score (nSPS) is 9.75. The fourth-order valence-corrected chi connectivity index (χ4v) is 1.35. The third-order valence-corrected chi connectivity index (χ3v) is 2.08. The third-order valence-electron chi connectivity index (χ3n) is 2.08. The number of aryl methyl sites for hydroxylation is 1. The first kappa shape index (κ1) is 12.4. The van der Waals surface area contributed by atoms with E-state index >= 15 is 0 Å². The Morgan fingerprint density at radius 1 is 1.50 bits per heavy atom. The van der Waals surface area contributed by atoms with Crippen LogP contribution in [0.3, 0.4) is 0 Å². The molecule has 0 saturated carbocycles. The zero-order chi connectivity index (χ0) is 12.1. The van der Waals surface area contributed by atoms with E-state index in [1.54, 1.807) is 19.2 Å². The molecule has 0 N–H and O–H groups in total. The predicted octanol–water partition coefficient (Wildman–Crippen LogP) is 2.99. The van der Waals surface area contributed by atoms with Crippen molar-refractivity contribution in [3.05, 3.63) is 34.7 Å². The number of esters is 1. The molecule has 0 fully saturated rings. The maximum atomic E-state index is 11.4. The van der Waals surface area contributed by atoms with Crippen LogP contribution in [0.2, 0.25) is 0 Å². The summed E-state index contributed by atoms with van der Waals surface area (Å²) >= 11 is 0. The second-order valence-corrected chi connectivity index (χ2v) is 3.87. The molecule has 0 spiro atoms. The number of rotatable bonds is 3. The number of carbonyl (C=O) groups excluding carboxylic acids is 1. The smallest absolute Gasteiger partial charge is 0.356 e. The number of nitrogens with zero attached hydrogens (tertiary/aromatic N) is 1. The first-order valence-electron chi connectivity index (χ1n) is 5.33. The fraction of sp³-hybridized carbons (Fsp3) is 0.385. The average Bonchev–Trinajstić information content (AvgIpc) is 2.20. The molecule has 3 heteroatoms. The summed E-state index contributed by atoms with van der Waals surface area (Å²) in [5.41, 5.74) is 3.63. The third kappa shape index (κ3) is 3.19. The van der Waals surface area contributed by atoms with E-state index in [1.807, 2.05) is 26.8 Å². The lowest BCUT2D eigenvalue weighted by molar-refractivity contribution is 0.0519. The molecule has 0 radical (unpaired) electrons. The van der Waals surface area contributed by atoms with E-state index in [1.165, 1.54) is 5.57 Å². The van der Waals surface area contributed by atoms with Gasteiger partial charge in [0.05, 0.1) is 6.61 Å². The van der Waals surface area contributed by atoms with Crippen molar-refractivity contribution in [3.63, 3.8) is 0 Å². The Hall–Kier alpha value is -1.64. The SMILES string of the molecule is CCOC(=O)c1cc(C)c(C=C(C)C)cn1. The van der Waals surface area contributed by atoms with Crippen LogP contribution in [0.15, 0.2) is 17.8 Å². The second-order valence-electron chi connectivity index (χ2n) is 3.87. The van der Waals surface area contributed by atoms with Crippen molar-refractivity contribution in [3.8, 4) is 0 Å². The van der Waals surface area contributed by atoms with Crippen LogP contribution in [0.25, 0.3) is 6.08 Å². The molecule has 0 bridgehead atoms. The van der Waals surface area contributed by atoms with Crippen molar-refractivity contribution >= 4 is 12.0 Å². The Morgan fingerprint density at radius 2 is 2.19 bits per heavy atom. The molecule has 1 rings (SSSR count). The number of hydrogen-bond donors (Lipinski definition) is 0. The lowest BCUT2D eigenvalue weighted by Gasteiger charge is -2.04. The van der Waals surface area contributed by atoms with Gasteiger partial charge in [-0.05, 0) is 44.9 Å². The molecule has 0 aliphatic carbocycles. The first-order chi connectivity index (χ1) is 7.54. The van der Waals surface area contributed by atoms with Crippen LogP contribution in [-0.4, -0.2) is 17.6 Å². The molecule has 86 valence electrons. The van der Waals surface area contributed by atoms with Crippen molar-refractivity contribution in [1.82, 2.24) is 4.98 Å². The van der Waals surface area contributed by atoms with Gasteiger partial charge in [0.15, 0.2) is 0 Å². The molecule has 0 aliphatic rings. The summed E-state index contributed by atoms with van der Waals surface area (Å²) < 4.78 is 4.89. The number of ether oxygens (including phenoxy) is 1. The molecule has 0 atom stereocenters. The van der Waals surface area contributed by atoms with Gasteiger partial charge in [0.2, 0.25) is 0 Å². The zero-order valence-electron chi connectivity index (χ0n) is 10.2. The highest BCUT2D eigenvalue weighted by atomic mass is 16.5. The maximum absolute atomic E-state index is 11.4. The summed E-state index contributed by atoms with van der Waals surface area (Å²) in [6.45, 7) is 8.16. The quantitative estimate of drug-likeness (QED) is 0.733. The van der Waals surface area contributed by atoms with E-state index in [0.29, 0.717) is 12.3 Å². The van der Waals surface area contributed by atoms with Crippen molar-refractivity contribution in [2.75, 3.05) is 6.61 Å². The standard InChI is InChI=1S/C13H17NO2/c1-5-16-13(15)12-7-10(4)11(8-14-12)6-9(2)3/h6-8H,5H2,1-4H3. The van der Waals surface area contributed by atoms with Crippen LogP contribution >= 0.6 is 0 Å². The molecule has 0 aromatic carbocycles. The topological polar surface area (TPSA) is 39.2 Å². The zero-order valence-corrected chi connectivity index (χ0v) is 10.2. The Labute approximate surface area is 96.2 Å². The molecule has 0 aliphatic heterocycles. The minimum Gasteiger partial charge on any atom is -0.461 e. The fourth-order valence-electron chi connectivity index (χ4n) is 1.35. The van der Waals surface area contributed by atoms with E-state index in [4.69, 9.17) is 4.74 Å². The minimum atomic E-state index is -0.366. The van der Waals surface area contributed by atoms with E-state index in [9.17, 15) is 4.79 Å². The van der Waals surface area contributed by atoms with Gasteiger partial charge in [-0.2, -0.15) is 0 Å². The Balaban J connectivity index is 2.99. The van der Waals surface area contributed by atoms with Crippen LogP contribution < -0.4 is 0 Å². The molecule has 16 heavy (non-hydrogen) atoms. The summed E-state index contributed by atoms with van der Waals surface area (Å²) in [7, 11) is 0. The van der Waals surface area contributed by atoms with E-state index in [0.717, 1.165) is 11.1 Å². The van der Waals surface area contributed by atoms with Gasteiger partial charge in [0.1, 0.15) is 5.69 Å². The molecule has 0 saturated heterocycles. The van der Waals surface area contributed by atoms with Gasteiger partial charge < -0.3 is 4.74 Å². The molecule has 1 heterocycles. The van der Waals surface area contributed by atoms with E-state index in [2.05, 4.69) is 4.98 Å². The lowest BCUT2D eigenvalue weighted by atomic mass is 10.1. The molecule has 1 aromatic heterocycles. The van der Waals surface area contributed by atoms with Crippen LogP contribution in [0.1, 0.15) is 42.4 Å². The van der Waals surface area contributed by atoms with Crippen molar-refractivity contribution in [2.45, 2.75) is 27.7 Å². The van der Waals surface area contributed by atoms with E-state index in [-0.39, 0.29) is 5.97 Å². The van der Waals surface area contributed by atoms with Gasteiger partial charge >= 0.3 is 5.97 Å². The van der Waals surface area contributed by atoms with Crippen molar-refractivity contribution in [2.24, 2.45) is 0 Å². The van der Waals surface area contributed by atoms with Crippen LogP contribution in [-0.2, 0) is 4.74 Å². The molecule has 0 unspecified atom stereocenters. The Morgan fingerprint density at radius 3 is 2.69 bits per heavy atom. The van der Waals surface area contributed by atoms with Crippen molar-refractivity contribution < 1.29 is 9.53 Å². The minimum absolute atomic E-state index is 0.366. The largest absolute Gasteiger partial charge is 0.461 e. The summed E-state index contributed by atoms with van der Waals surface area (Å²) in [6, 6.07) is 1.76. The molecular formula is C13H17NO2. The van der Waals surface area contributed by atoms with Crippen LogP contribution in [0.5, 0.6) is 0 Å². The van der Waals surface area contributed by atoms with Crippen LogP contribution in [0.4, 0.5) is 0 Å². The molecule has 1 aromatic rings. The monoisotopic (exact) mass is 219 g/mol. The van der Waals surface area contributed by atoms with Gasteiger partial charge in [-0.1, -0.05) is 11.6 Å². The second kappa shape index (κ2) is 5.45. The van der Waals surface area contributed by atoms with Crippen molar-refractivity contribution in [1.29, 1.82) is 0 Å². The number of hydrogen-bond acceptors (Lipinski definition) is 3. The van der Waals surface area contributed by atoms with Gasteiger partial charge in [0, 0.05) is 6.20 Å². The summed E-state index contributed by atoms with van der Waals surface area (Å²) in [5, 5.41) is 0. The maximum Gasteiger partial charge on any atom is 0.356 e. The summed E-state index contributed by atoms with van der Waals surface area (Å²) in [4.78, 5) is 15.5. The molecular weight excluding hydrogens is 202 g/mol. The molecule has 0 amide bonds. The summed E-state index contributed by atoms with van der Waals surface area (Å²) in [5.74, 6) is -0.366. The van der Waals surface area contributed by atoms with Gasteiger partial charge in [-0.3, -0.25) is 0 Å². The van der Waals surface area contributed by atoms with Crippen LogP contribution in [0, 0.1) is 6.92 Å². The summed E-state index contributed by atoms with van der Waals surface area (Å²) in [6.07, 6.45) is 3.74. The van der Waals surface area contributed by atoms with Gasteiger partial charge in [-0.15, -0.1) is 0 Å². The molecule has 3 nitrogen and oxygen atoms in total. The highest BCUT2D eigenvalue weighted by molar-refractivity contribution is 5.87. The highest BCUT2D eigenvalue weighted by Crippen LogP contribution is 2.12. The number of allylic oxidation sites excluding steroid dienone is 1. The van der Waals surface area contributed by atoms with Gasteiger partial charge in [0.25, 0.3) is 0 Å². The van der Waals surface area contributed by atoms with E-state index < -0.39 is 0 Å². The lowest BCUT2D eigenvalue weighted by Crippen LogP contribution is -2.07. The Kier molecular flexibility index (Phi) is 4.23. The number of carbonyl (C=O) groups is 1. The Bertz CT molecular complexity index is 418. The number of pyridine rings is 1. The average molecular weight is 219 g/mol. The first-order valence-corrected chi connectivity index (χ1v) is 5.33. The highest BCUT2D eigenvalue weighted by Gasteiger charge is 2.09. The number of aromatic nitrogens is 1. The van der Waals surface area contributed by atoms with Gasteiger partial charge in [-0.25, -0.2) is 9.78 Å².